The van der Waals surface area contributed by atoms with Crippen molar-refractivity contribution in [3.8, 4) is 0 Å². The summed E-state index contributed by atoms with van der Waals surface area (Å²) in [7, 11) is 0. The lowest BCUT2D eigenvalue weighted by atomic mass is 9.78. The zero-order chi connectivity index (χ0) is 19.9. The lowest BCUT2D eigenvalue weighted by Crippen LogP contribution is -2.27. The van der Waals surface area contributed by atoms with Gasteiger partial charge in [-0.25, -0.2) is 0 Å². The van der Waals surface area contributed by atoms with Gasteiger partial charge in [0.2, 0.25) is 0 Å². The Morgan fingerprint density at radius 2 is 1.14 bits per heavy atom. The summed E-state index contributed by atoms with van der Waals surface area (Å²) in [4.78, 5) is 11.9. The summed E-state index contributed by atoms with van der Waals surface area (Å²) in [5.41, 5.74) is 3.91. The van der Waals surface area contributed by atoms with Crippen molar-refractivity contribution in [3.05, 3.63) is 108 Å². The highest BCUT2D eigenvalue weighted by Crippen LogP contribution is 2.38. The highest BCUT2D eigenvalue weighted by molar-refractivity contribution is 5.57. The van der Waals surface area contributed by atoms with Crippen molar-refractivity contribution >= 4 is 6.29 Å². The molecule has 1 aliphatic heterocycles. The van der Waals surface area contributed by atoms with Crippen LogP contribution in [0.25, 0.3) is 0 Å². The van der Waals surface area contributed by atoms with Crippen molar-refractivity contribution in [1.29, 1.82) is 0 Å². The highest BCUT2D eigenvalue weighted by Gasteiger charge is 2.43. The Bertz CT molecular complexity index is 876. The van der Waals surface area contributed by atoms with Crippen LogP contribution >= 0.6 is 0 Å². The van der Waals surface area contributed by atoms with Crippen molar-refractivity contribution in [1.82, 2.24) is 0 Å². The number of rotatable bonds is 8. The average Bonchev–Trinajstić information content (AvgIpc) is 3.10. The Morgan fingerprint density at radius 3 is 1.66 bits per heavy atom. The maximum atomic E-state index is 11.9. The number of hydrogen-bond donors (Lipinski definition) is 0. The van der Waals surface area contributed by atoms with Crippen molar-refractivity contribution in [2.45, 2.75) is 37.9 Å². The molecule has 0 amide bonds. The first-order valence-electron chi connectivity index (χ1n) is 10.6. The van der Waals surface area contributed by atoms with Gasteiger partial charge in [0.05, 0.1) is 6.10 Å². The molecule has 0 N–H and O–H groups in total. The Balaban J connectivity index is 1.55. The third kappa shape index (κ3) is 5.02. The molecule has 1 saturated heterocycles. The summed E-state index contributed by atoms with van der Waals surface area (Å²) in [6.07, 6.45) is 4.53. The average molecular weight is 385 g/mol. The van der Waals surface area contributed by atoms with Crippen LogP contribution < -0.4 is 0 Å². The molecule has 0 spiro atoms. The van der Waals surface area contributed by atoms with Gasteiger partial charge in [-0.3, -0.25) is 0 Å². The molecule has 3 aromatic rings. The van der Waals surface area contributed by atoms with Crippen LogP contribution in [0.5, 0.6) is 0 Å². The Kier molecular flexibility index (Phi) is 6.53. The van der Waals surface area contributed by atoms with E-state index in [1.807, 2.05) is 12.1 Å². The van der Waals surface area contributed by atoms with Gasteiger partial charge in [0.25, 0.3) is 0 Å². The fourth-order valence-corrected chi connectivity index (χ4v) is 4.61. The van der Waals surface area contributed by atoms with Crippen LogP contribution in [0.2, 0.25) is 0 Å². The first-order chi connectivity index (χ1) is 14.3. The summed E-state index contributed by atoms with van der Waals surface area (Å²) in [6.45, 7) is 0. The molecule has 4 atom stereocenters. The summed E-state index contributed by atoms with van der Waals surface area (Å²) < 4.78 is 6.33. The Morgan fingerprint density at radius 1 is 0.655 bits per heavy atom. The van der Waals surface area contributed by atoms with Crippen molar-refractivity contribution in [3.63, 3.8) is 0 Å². The first-order valence-corrected chi connectivity index (χ1v) is 10.6. The molecular formula is C27H28O2. The van der Waals surface area contributed by atoms with Crippen LogP contribution in [0.1, 0.15) is 23.1 Å². The van der Waals surface area contributed by atoms with Crippen LogP contribution in [-0.4, -0.2) is 18.5 Å². The van der Waals surface area contributed by atoms with E-state index in [0.29, 0.717) is 5.92 Å². The topological polar surface area (TPSA) is 26.3 Å². The van der Waals surface area contributed by atoms with Crippen LogP contribution in [0.4, 0.5) is 0 Å². The van der Waals surface area contributed by atoms with Crippen molar-refractivity contribution in [2.75, 3.05) is 0 Å². The van der Waals surface area contributed by atoms with Crippen LogP contribution in [0.3, 0.4) is 0 Å². The molecule has 2 heteroatoms. The second-order valence-corrected chi connectivity index (χ2v) is 8.01. The van der Waals surface area contributed by atoms with E-state index in [-0.39, 0.29) is 18.1 Å². The quantitative estimate of drug-likeness (QED) is 0.493. The van der Waals surface area contributed by atoms with E-state index in [2.05, 4.69) is 78.9 Å². The summed E-state index contributed by atoms with van der Waals surface area (Å²) in [5.74, 6) is 0.535. The monoisotopic (exact) mass is 384 g/mol. The lowest BCUT2D eigenvalue weighted by molar-refractivity contribution is -0.119. The van der Waals surface area contributed by atoms with Gasteiger partial charge in [-0.15, -0.1) is 0 Å². The van der Waals surface area contributed by atoms with Gasteiger partial charge >= 0.3 is 0 Å². The molecule has 0 saturated carbocycles. The van der Waals surface area contributed by atoms with E-state index >= 15 is 0 Å². The number of carbonyl (C=O) groups is 1. The largest absolute Gasteiger partial charge is 0.367 e. The third-order valence-electron chi connectivity index (χ3n) is 6.10. The summed E-state index contributed by atoms with van der Waals surface area (Å²) in [5, 5.41) is 0. The third-order valence-corrected chi connectivity index (χ3v) is 6.10. The maximum Gasteiger partial charge on any atom is 0.149 e. The second kappa shape index (κ2) is 9.67. The smallest absolute Gasteiger partial charge is 0.149 e. The van der Waals surface area contributed by atoms with E-state index in [0.717, 1.165) is 32.0 Å². The highest BCUT2D eigenvalue weighted by atomic mass is 16.5. The molecule has 148 valence electrons. The minimum Gasteiger partial charge on any atom is -0.367 e. The molecule has 1 heterocycles. The van der Waals surface area contributed by atoms with Gasteiger partial charge in [-0.2, -0.15) is 0 Å². The van der Waals surface area contributed by atoms with Crippen LogP contribution in [0, 0.1) is 11.8 Å². The van der Waals surface area contributed by atoms with Crippen LogP contribution in [-0.2, 0) is 28.8 Å². The number of ether oxygens (including phenoxy) is 1. The molecule has 1 unspecified atom stereocenters. The van der Waals surface area contributed by atoms with E-state index in [4.69, 9.17) is 4.74 Å². The van der Waals surface area contributed by atoms with Crippen molar-refractivity contribution in [2.24, 2.45) is 11.8 Å². The number of aldehydes is 1. The van der Waals surface area contributed by atoms with Gasteiger partial charge in [0, 0.05) is 5.92 Å². The molecule has 2 nitrogen and oxygen atoms in total. The predicted molar refractivity (Wildman–Crippen MR) is 117 cm³/mol. The molecule has 1 fully saturated rings. The summed E-state index contributed by atoms with van der Waals surface area (Å²) in [6, 6.07) is 31.6. The minimum atomic E-state index is -0.329. The minimum absolute atomic E-state index is 0.0966. The van der Waals surface area contributed by atoms with E-state index in [1.165, 1.54) is 16.7 Å². The number of aryl methyl sites for hydroxylation is 1. The maximum absolute atomic E-state index is 11.9. The van der Waals surface area contributed by atoms with E-state index in [9.17, 15) is 4.79 Å². The molecular weight excluding hydrogens is 356 g/mol. The normalized spacial score (nSPS) is 23.7. The number of benzene rings is 3. The van der Waals surface area contributed by atoms with Crippen LogP contribution in [0.15, 0.2) is 91.0 Å². The van der Waals surface area contributed by atoms with Gasteiger partial charge in [-0.05, 0) is 48.3 Å². The molecule has 0 radical (unpaired) electrons. The molecule has 3 aromatic carbocycles. The second-order valence-electron chi connectivity index (χ2n) is 8.01. The van der Waals surface area contributed by atoms with Gasteiger partial charge in [0.15, 0.2) is 0 Å². The fraction of sp³-hybridized carbons (Fsp3) is 0.296. The lowest BCUT2D eigenvalue weighted by Gasteiger charge is -2.24. The molecule has 1 aliphatic rings. The molecule has 0 bridgehead atoms. The first kappa shape index (κ1) is 19.6. The number of carbonyl (C=O) groups excluding carboxylic acids is 1. The van der Waals surface area contributed by atoms with Gasteiger partial charge < -0.3 is 9.53 Å². The molecule has 0 aromatic heterocycles. The standard InChI is InChI=1S/C27H28O2/c28-20-27-25(19-23-14-8-3-9-15-23)24(18-22-12-6-2-7-13-22)26(29-27)17-16-21-10-4-1-5-11-21/h1-15,20,24-27H,16-19H2/t24-,25-,26-,27?/m1/s1. The van der Waals surface area contributed by atoms with E-state index < -0.39 is 0 Å². The van der Waals surface area contributed by atoms with Gasteiger partial charge in [0.1, 0.15) is 12.4 Å². The van der Waals surface area contributed by atoms with Gasteiger partial charge in [-0.1, -0.05) is 91.0 Å². The molecule has 0 aliphatic carbocycles. The predicted octanol–water partition coefficient (Wildman–Crippen LogP) is 5.30. The SMILES string of the molecule is O=CC1O[C@H](CCc2ccccc2)[C@H](Cc2ccccc2)[C@H]1Cc1ccccc1. The Hall–Kier alpha value is -2.71. The zero-order valence-corrected chi connectivity index (χ0v) is 16.7. The molecule has 29 heavy (non-hydrogen) atoms. The zero-order valence-electron chi connectivity index (χ0n) is 16.7. The number of hydrogen-bond acceptors (Lipinski definition) is 2. The van der Waals surface area contributed by atoms with E-state index in [1.54, 1.807) is 0 Å². The molecule has 4 rings (SSSR count). The summed E-state index contributed by atoms with van der Waals surface area (Å²) >= 11 is 0. The van der Waals surface area contributed by atoms with Crippen molar-refractivity contribution < 1.29 is 9.53 Å². The Labute approximate surface area is 173 Å². The fourth-order valence-electron chi connectivity index (χ4n) is 4.61.